The molecule has 2 aromatic heterocycles. The Morgan fingerprint density at radius 2 is 1.72 bits per heavy atom. The summed E-state index contributed by atoms with van der Waals surface area (Å²) in [5.41, 5.74) is 10.5. The molecule has 36 heavy (non-hydrogen) atoms. The normalized spacial score (nSPS) is 18.8. The van der Waals surface area contributed by atoms with E-state index >= 15 is 0 Å². The first-order valence-electron chi connectivity index (χ1n) is 12.4. The highest BCUT2D eigenvalue weighted by Crippen LogP contribution is 2.43. The number of fused-ring (bicyclic) bond motifs is 1. The van der Waals surface area contributed by atoms with Gasteiger partial charge in [-0.1, -0.05) is 54.6 Å². The summed E-state index contributed by atoms with van der Waals surface area (Å²) in [6.07, 6.45) is 18.5. The van der Waals surface area contributed by atoms with Crippen LogP contribution in [0.3, 0.4) is 0 Å². The lowest BCUT2D eigenvalue weighted by molar-refractivity contribution is 0.173. The number of hydrogen-bond donors (Lipinski definition) is 1. The van der Waals surface area contributed by atoms with E-state index in [0.29, 0.717) is 24.4 Å². The zero-order chi connectivity index (χ0) is 24.3. The van der Waals surface area contributed by atoms with Crippen molar-refractivity contribution in [2.75, 3.05) is 12.3 Å². The quantitative estimate of drug-likeness (QED) is 0.349. The molecule has 0 bridgehead atoms. The highest BCUT2D eigenvalue weighted by atomic mass is 16.5. The molecule has 1 aliphatic heterocycles. The van der Waals surface area contributed by atoms with Crippen LogP contribution in [0.4, 0.5) is 5.82 Å². The topological polar surface area (TPSA) is 69.2 Å². The zero-order valence-corrected chi connectivity index (χ0v) is 20.1. The second kappa shape index (κ2) is 9.74. The number of rotatable bonds is 7. The molecular weight excluding hydrogens is 446 g/mol. The van der Waals surface area contributed by atoms with Gasteiger partial charge < -0.3 is 19.9 Å². The Bertz CT molecular complexity index is 1430. The SMILES string of the molecule is Nc1ncnc2c1c(-c1cccc(OCc3ccccc3)c1)cn2[C@H]1C[C@H](CN2C=CC=CC=C2)C1. The van der Waals surface area contributed by atoms with Gasteiger partial charge in [0.1, 0.15) is 30.1 Å². The van der Waals surface area contributed by atoms with Crippen LogP contribution in [-0.4, -0.2) is 26.0 Å². The summed E-state index contributed by atoms with van der Waals surface area (Å²) in [5.74, 6) is 1.97. The maximum Gasteiger partial charge on any atom is 0.146 e. The van der Waals surface area contributed by atoms with Crippen molar-refractivity contribution in [3.05, 3.63) is 109 Å². The number of anilines is 1. The summed E-state index contributed by atoms with van der Waals surface area (Å²) in [7, 11) is 0. The number of nitrogen functional groups attached to an aromatic ring is 1. The van der Waals surface area contributed by atoms with E-state index in [2.05, 4.69) is 86.6 Å². The first-order chi connectivity index (χ1) is 17.7. The predicted octanol–water partition coefficient (Wildman–Crippen LogP) is 6.11. The van der Waals surface area contributed by atoms with Crippen LogP contribution in [0, 0.1) is 5.92 Å². The number of benzene rings is 2. The molecule has 2 aromatic carbocycles. The molecule has 2 aliphatic rings. The summed E-state index contributed by atoms with van der Waals surface area (Å²) in [5, 5.41) is 0.908. The maximum atomic E-state index is 6.38. The largest absolute Gasteiger partial charge is 0.489 e. The fourth-order valence-electron chi connectivity index (χ4n) is 5.09. The second-order valence-electron chi connectivity index (χ2n) is 9.47. The van der Waals surface area contributed by atoms with Crippen LogP contribution in [0.5, 0.6) is 5.75 Å². The van der Waals surface area contributed by atoms with Gasteiger partial charge in [-0.15, -0.1) is 0 Å². The number of ether oxygens (including phenoxy) is 1. The highest BCUT2D eigenvalue weighted by molar-refractivity contribution is 6.00. The Labute approximate surface area is 211 Å². The molecule has 1 fully saturated rings. The van der Waals surface area contributed by atoms with Crippen molar-refractivity contribution in [1.82, 2.24) is 19.4 Å². The van der Waals surface area contributed by atoms with Gasteiger partial charge in [0.2, 0.25) is 0 Å². The third-order valence-corrected chi connectivity index (χ3v) is 6.99. The van der Waals surface area contributed by atoms with Crippen molar-refractivity contribution in [2.24, 2.45) is 5.92 Å². The Morgan fingerprint density at radius 1 is 0.917 bits per heavy atom. The van der Waals surface area contributed by atoms with Crippen molar-refractivity contribution in [3.63, 3.8) is 0 Å². The predicted molar refractivity (Wildman–Crippen MR) is 144 cm³/mol. The Hall–Kier alpha value is -4.32. The van der Waals surface area contributed by atoms with E-state index in [1.54, 1.807) is 6.33 Å². The molecule has 0 atom stereocenters. The molecule has 6 rings (SSSR count). The fourth-order valence-corrected chi connectivity index (χ4v) is 5.09. The molecule has 3 heterocycles. The van der Waals surface area contributed by atoms with Crippen LogP contribution in [0.15, 0.2) is 104 Å². The van der Waals surface area contributed by atoms with E-state index in [9.17, 15) is 0 Å². The summed E-state index contributed by atoms with van der Waals surface area (Å²) in [6, 6.07) is 18.8. The molecule has 6 nitrogen and oxygen atoms in total. The Kier molecular flexibility index (Phi) is 6.00. The molecule has 4 aromatic rings. The minimum atomic E-state index is 0.399. The zero-order valence-electron chi connectivity index (χ0n) is 20.1. The average Bonchev–Trinajstić information content (AvgIpc) is 3.08. The second-order valence-corrected chi connectivity index (χ2v) is 9.47. The van der Waals surface area contributed by atoms with E-state index in [4.69, 9.17) is 10.5 Å². The van der Waals surface area contributed by atoms with Gasteiger partial charge in [0.25, 0.3) is 0 Å². The summed E-state index contributed by atoms with van der Waals surface area (Å²) >= 11 is 0. The number of aromatic nitrogens is 3. The Balaban J connectivity index is 1.24. The summed E-state index contributed by atoms with van der Waals surface area (Å²) < 4.78 is 8.39. The molecule has 1 aliphatic carbocycles. The highest BCUT2D eigenvalue weighted by Gasteiger charge is 2.33. The third kappa shape index (κ3) is 4.50. The van der Waals surface area contributed by atoms with Crippen LogP contribution in [0.25, 0.3) is 22.2 Å². The van der Waals surface area contributed by atoms with Crippen molar-refractivity contribution in [3.8, 4) is 16.9 Å². The lowest BCUT2D eigenvalue weighted by Crippen LogP contribution is -2.33. The van der Waals surface area contributed by atoms with E-state index in [-0.39, 0.29) is 0 Å². The lowest BCUT2D eigenvalue weighted by Gasteiger charge is -2.38. The lowest BCUT2D eigenvalue weighted by atomic mass is 9.79. The van der Waals surface area contributed by atoms with Gasteiger partial charge in [0, 0.05) is 36.7 Å². The van der Waals surface area contributed by atoms with E-state index < -0.39 is 0 Å². The number of hydrogen-bond acceptors (Lipinski definition) is 5. The van der Waals surface area contributed by atoms with Crippen LogP contribution in [0.1, 0.15) is 24.4 Å². The number of nitrogens with zero attached hydrogens (tertiary/aromatic N) is 4. The molecular formula is C30H29N5O. The molecule has 0 unspecified atom stereocenters. The van der Waals surface area contributed by atoms with Crippen molar-refractivity contribution >= 4 is 16.9 Å². The van der Waals surface area contributed by atoms with Gasteiger partial charge in [-0.2, -0.15) is 0 Å². The van der Waals surface area contributed by atoms with Crippen molar-refractivity contribution < 1.29 is 4.74 Å². The van der Waals surface area contributed by atoms with Gasteiger partial charge in [-0.05, 0) is 54.2 Å². The first-order valence-corrected chi connectivity index (χ1v) is 12.4. The van der Waals surface area contributed by atoms with Gasteiger partial charge in [-0.25, -0.2) is 9.97 Å². The van der Waals surface area contributed by atoms with Gasteiger partial charge in [-0.3, -0.25) is 0 Å². The van der Waals surface area contributed by atoms with Crippen LogP contribution in [-0.2, 0) is 6.61 Å². The standard InChI is InChI=1S/C30H29N5O/c31-29-28-27(24-11-8-12-26(17-24)36-20-22-9-4-3-5-10-22)19-35(30(28)33-21-32-29)25-15-23(16-25)18-34-13-6-1-2-7-14-34/h1-14,17,19,21,23,25H,15-16,18,20H2,(H2,31,32,33)/t23-,25-. The summed E-state index contributed by atoms with van der Waals surface area (Å²) in [4.78, 5) is 11.2. The molecule has 1 saturated carbocycles. The van der Waals surface area contributed by atoms with Crippen LogP contribution < -0.4 is 10.5 Å². The Morgan fingerprint density at radius 3 is 2.53 bits per heavy atom. The molecule has 0 amide bonds. The molecule has 0 spiro atoms. The molecule has 0 saturated heterocycles. The summed E-state index contributed by atoms with van der Waals surface area (Å²) in [6.45, 7) is 1.55. The van der Waals surface area contributed by atoms with Crippen molar-refractivity contribution in [2.45, 2.75) is 25.5 Å². The van der Waals surface area contributed by atoms with E-state index in [0.717, 1.165) is 52.9 Å². The minimum Gasteiger partial charge on any atom is -0.489 e. The van der Waals surface area contributed by atoms with Gasteiger partial charge >= 0.3 is 0 Å². The molecule has 180 valence electrons. The smallest absolute Gasteiger partial charge is 0.146 e. The average molecular weight is 476 g/mol. The molecule has 0 radical (unpaired) electrons. The van der Waals surface area contributed by atoms with E-state index in [1.807, 2.05) is 30.3 Å². The van der Waals surface area contributed by atoms with Crippen LogP contribution in [0.2, 0.25) is 0 Å². The molecule has 2 N–H and O–H groups in total. The van der Waals surface area contributed by atoms with E-state index in [1.165, 1.54) is 0 Å². The van der Waals surface area contributed by atoms with Crippen LogP contribution >= 0.6 is 0 Å². The number of allylic oxidation sites excluding steroid dienone is 4. The maximum absolute atomic E-state index is 6.38. The van der Waals surface area contributed by atoms with Gasteiger partial charge in [0.15, 0.2) is 0 Å². The third-order valence-electron chi connectivity index (χ3n) is 6.99. The monoisotopic (exact) mass is 475 g/mol. The van der Waals surface area contributed by atoms with Gasteiger partial charge in [0.05, 0.1) is 5.39 Å². The van der Waals surface area contributed by atoms with Crippen molar-refractivity contribution in [1.29, 1.82) is 0 Å². The first kappa shape index (κ1) is 22.2. The minimum absolute atomic E-state index is 0.399. The number of nitrogens with two attached hydrogens (primary N) is 1. The fraction of sp³-hybridized carbons (Fsp3) is 0.200. The molecule has 6 heteroatoms.